The van der Waals surface area contributed by atoms with E-state index in [1.165, 1.54) is 0 Å². The van der Waals surface area contributed by atoms with Crippen molar-refractivity contribution < 1.29 is 52.4 Å². The zero-order valence-electron chi connectivity index (χ0n) is 22.4. The molecule has 0 aromatic carbocycles. The summed E-state index contributed by atoms with van der Waals surface area (Å²) in [6.07, 6.45) is 6.20. The average Bonchev–Trinajstić information content (AvgIpc) is 2.88. The molecule has 0 aliphatic heterocycles. The van der Waals surface area contributed by atoms with E-state index in [1.807, 2.05) is 6.92 Å². The molecule has 0 spiro atoms. The SMILES string of the molecule is CCCOC(=O)CCC(=O)OCCCCCCOC(=O)OCCCCCCOC(=O)CCC(=O)OCC. The topological polar surface area (TPSA) is 141 Å². The van der Waals surface area contributed by atoms with Crippen LogP contribution >= 0.6 is 0 Å². The lowest BCUT2D eigenvalue weighted by molar-refractivity contribution is -0.150. The van der Waals surface area contributed by atoms with Crippen LogP contribution < -0.4 is 0 Å². The highest BCUT2D eigenvalue weighted by atomic mass is 16.7. The molecule has 0 N–H and O–H groups in total. The molecule has 37 heavy (non-hydrogen) atoms. The van der Waals surface area contributed by atoms with E-state index < -0.39 is 30.0 Å². The highest BCUT2D eigenvalue weighted by Gasteiger charge is 2.10. The number of hydrogen-bond donors (Lipinski definition) is 0. The third kappa shape index (κ3) is 24.6. The zero-order valence-corrected chi connectivity index (χ0v) is 22.4. The molecule has 0 fully saturated rings. The van der Waals surface area contributed by atoms with E-state index >= 15 is 0 Å². The zero-order chi connectivity index (χ0) is 27.6. The van der Waals surface area contributed by atoms with Gasteiger partial charge < -0.3 is 28.4 Å². The first-order chi connectivity index (χ1) is 17.9. The lowest BCUT2D eigenvalue weighted by Crippen LogP contribution is -2.11. The van der Waals surface area contributed by atoms with Crippen molar-refractivity contribution in [3.63, 3.8) is 0 Å². The van der Waals surface area contributed by atoms with Crippen molar-refractivity contribution in [3.05, 3.63) is 0 Å². The van der Waals surface area contributed by atoms with Crippen LogP contribution in [0.25, 0.3) is 0 Å². The monoisotopic (exact) mass is 532 g/mol. The van der Waals surface area contributed by atoms with Crippen molar-refractivity contribution in [1.29, 1.82) is 0 Å². The van der Waals surface area contributed by atoms with Crippen LogP contribution in [0.4, 0.5) is 4.79 Å². The van der Waals surface area contributed by atoms with Gasteiger partial charge in [0.05, 0.1) is 65.3 Å². The number of carbonyl (C=O) groups is 5. The molecular formula is C26H44O11. The third-order valence-electron chi connectivity index (χ3n) is 4.88. The fourth-order valence-electron chi connectivity index (χ4n) is 2.91. The van der Waals surface area contributed by atoms with Gasteiger partial charge in [0.25, 0.3) is 0 Å². The Hall–Kier alpha value is -2.85. The van der Waals surface area contributed by atoms with Gasteiger partial charge in [-0.15, -0.1) is 0 Å². The second kappa shape index (κ2) is 24.8. The van der Waals surface area contributed by atoms with Crippen LogP contribution in [0.3, 0.4) is 0 Å². The summed E-state index contributed by atoms with van der Waals surface area (Å²) in [5.74, 6) is -1.63. The van der Waals surface area contributed by atoms with E-state index in [1.54, 1.807) is 6.92 Å². The minimum Gasteiger partial charge on any atom is -0.466 e. The van der Waals surface area contributed by atoms with Gasteiger partial charge in [0.15, 0.2) is 0 Å². The predicted molar refractivity (Wildman–Crippen MR) is 133 cm³/mol. The Kier molecular flexibility index (Phi) is 22.9. The highest BCUT2D eigenvalue weighted by Crippen LogP contribution is 2.05. The molecule has 0 aromatic rings. The lowest BCUT2D eigenvalue weighted by Gasteiger charge is -2.07. The molecule has 0 saturated heterocycles. The van der Waals surface area contributed by atoms with Crippen LogP contribution in [0.1, 0.15) is 97.3 Å². The minimum absolute atomic E-state index is 0.0179. The van der Waals surface area contributed by atoms with Crippen molar-refractivity contribution in [2.24, 2.45) is 0 Å². The molecule has 0 saturated carbocycles. The molecule has 0 heterocycles. The van der Waals surface area contributed by atoms with Crippen molar-refractivity contribution in [2.45, 2.75) is 97.3 Å². The molecule has 0 amide bonds. The molecule has 0 aliphatic carbocycles. The Labute approximate surface area is 219 Å². The van der Waals surface area contributed by atoms with Crippen LogP contribution in [-0.2, 0) is 47.6 Å². The van der Waals surface area contributed by atoms with Crippen molar-refractivity contribution in [1.82, 2.24) is 0 Å². The van der Waals surface area contributed by atoms with Gasteiger partial charge >= 0.3 is 30.0 Å². The van der Waals surface area contributed by atoms with Gasteiger partial charge in [-0.3, -0.25) is 19.2 Å². The summed E-state index contributed by atoms with van der Waals surface area (Å²) in [4.78, 5) is 57.1. The Morgan fingerprint density at radius 1 is 0.405 bits per heavy atom. The number of carbonyl (C=O) groups excluding carboxylic acids is 5. The van der Waals surface area contributed by atoms with Crippen molar-refractivity contribution in [3.8, 4) is 0 Å². The lowest BCUT2D eigenvalue weighted by atomic mass is 10.2. The number of unbranched alkanes of at least 4 members (excludes halogenated alkanes) is 6. The summed E-state index contributed by atoms with van der Waals surface area (Å²) in [6.45, 7) is 5.38. The van der Waals surface area contributed by atoms with Crippen molar-refractivity contribution >= 4 is 30.0 Å². The summed E-state index contributed by atoms with van der Waals surface area (Å²) in [5, 5.41) is 0. The Morgan fingerprint density at radius 3 is 1.08 bits per heavy atom. The van der Waals surface area contributed by atoms with Crippen LogP contribution in [0.5, 0.6) is 0 Å². The fourth-order valence-corrected chi connectivity index (χ4v) is 2.91. The van der Waals surface area contributed by atoms with Crippen molar-refractivity contribution in [2.75, 3.05) is 39.6 Å². The van der Waals surface area contributed by atoms with E-state index in [0.717, 1.165) is 32.1 Å². The maximum atomic E-state index is 11.6. The van der Waals surface area contributed by atoms with Crippen LogP contribution in [0.15, 0.2) is 0 Å². The molecular weight excluding hydrogens is 488 g/mol. The standard InChI is InChI=1S/C26H44O11/c1-3-17-33-23(28)15-16-25(30)35-19-10-6-8-12-21-37-26(31)36-20-11-7-5-9-18-34-24(29)14-13-22(27)32-4-2/h3-21H2,1-2H3. The van der Waals surface area contributed by atoms with Gasteiger partial charge in [0.2, 0.25) is 0 Å². The van der Waals surface area contributed by atoms with Gasteiger partial charge in [0.1, 0.15) is 0 Å². The molecule has 0 aromatic heterocycles. The second-order valence-corrected chi connectivity index (χ2v) is 8.24. The molecule has 0 rings (SSSR count). The molecule has 0 aliphatic rings. The predicted octanol–water partition coefficient (Wildman–Crippen LogP) is 4.42. The van der Waals surface area contributed by atoms with Crippen LogP contribution in [0, 0.1) is 0 Å². The van der Waals surface area contributed by atoms with Gasteiger partial charge in [-0.25, -0.2) is 4.79 Å². The third-order valence-corrected chi connectivity index (χ3v) is 4.88. The molecule has 214 valence electrons. The molecule has 0 unspecified atom stereocenters. The van der Waals surface area contributed by atoms with Crippen LogP contribution in [0.2, 0.25) is 0 Å². The maximum Gasteiger partial charge on any atom is 0.508 e. The smallest absolute Gasteiger partial charge is 0.466 e. The summed E-state index contributed by atoms with van der Waals surface area (Å²) in [5.41, 5.74) is 0. The summed E-state index contributed by atoms with van der Waals surface area (Å²) >= 11 is 0. The first-order valence-corrected chi connectivity index (χ1v) is 13.3. The minimum atomic E-state index is -0.693. The molecule has 0 atom stereocenters. The molecule has 0 radical (unpaired) electrons. The van der Waals surface area contributed by atoms with E-state index in [0.29, 0.717) is 52.1 Å². The van der Waals surface area contributed by atoms with Gasteiger partial charge in [-0.1, -0.05) is 6.92 Å². The number of rotatable bonds is 23. The molecule has 11 heteroatoms. The van der Waals surface area contributed by atoms with E-state index in [4.69, 9.17) is 28.4 Å². The average molecular weight is 533 g/mol. The normalized spacial score (nSPS) is 10.3. The van der Waals surface area contributed by atoms with Crippen LogP contribution in [-0.4, -0.2) is 69.7 Å². The Balaban J connectivity index is 3.41. The Bertz CT molecular complexity index is 648. The number of esters is 4. The van der Waals surface area contributed by atoms with E-state index in [9.17, 15) is 24.0 Å². The van der Waals surface area contributed by atoms with E-state index in [-0.39, 0.29) is 38.9 Å². The number of ether oxygens (including phenoxy) is 6. The largest absolute Gasteiger partial charge is 0.508 e. The highest BCUT2D eigenvalue weighted by molar-refractivity contribution is 5.78. The summed E-state index contributed by atoms with van der Waals surface area (Å²) in [7, 11) is 0. The van der Waals surface area contributed by atoms with Gasteiger partial charge in [-0.05, 0) is 64.7 Å². The summed E-state index contributed by atoms with van der Waals surface area (Å²) in [6, 6.07) is 0. The van der Waals surface area contributed by atoms with Gasteiger partial charge in [-0.2, -0.15) is 0 Å². The Morgan fingerprint density at radius 2 is 0.730 bits per heavy atom. The fraction of sp³-hybridized carbons (Fsp3) is 0.808. The quantitative estimate of drug-likeness (QED) is 0.105. The molecule has 0 bridgehead atoms. The molecule has 11 nitrogen and oxygen atoms in total. The van der Waals surface area contributed by atoms with E-state index in [2.05, 4.69) is 0 Å². The first kappa shape index (κ1) is 34.1. The summed E-state index contributed by atoms with van der Waals surface area (Å²) < 4.78 is 29.8. The first-order valence-electron chi connectivity index (χ1n) is 13.3. The number of hydrogen-bond acceptors (Lipinski definition) is 11. The van der Waals surface area contributed by atoms with Gasteiger partial charge in [0, 0.05) is 0 Å². The second-order valence-electron chi connectivity index (χ2n) is 8.24. The maximum absolute atomic E-state index is 11.6.